The van der Waals surface area contributed by atoms with Crippen molar-refractivity contribution in [2.75, 3.05) is 20.8 Å². The highest BCUT2D eigenvalue weighted by Gasteiger charge is 2.30. The quantitative estimate of drug-likeness (QED) is 0.409. The first-order chi connectivity index (χ1) is 17.5. The van der Waals surface area contributed by atoms with Crippen LogP contribution in [0.25, 0.3) is 22.0 Å². The maximum absolute atomic E-state index is 14.3. The Morgan fingerprint density at radius 1 is 0.972 bits per heavy atom. The van der Waals surface area contributed by atoms with Gasteiger partial charge in [-0.15, -0.1) is 0 Å². The molecule has 2 aromatic carbocycles. The second-order valence-electron chi connectivity index (χ2n) is 9.25. The lowest BCUT2D eigenvalue weighted by Crippen LogP contribution is -2.41. The number of pyridine rings is 2. The number of aromatic nitrogens is 2. The Hall–Kier alpha value is -4.13. The van der Waals surface area contributed by atoms with E-state index in [9.17, 15) is 9.59 Å². The Balaban J connectivity index is 1.72. The molecule has 0 fully saturated rings. The highest BCUT2D eigenvalue weighted by molar-refractivity contribution is 6.07. The zero-order valence-corrected chi connectivity index (χ0v) is 20.7. The Bertz CT molecular complexity index is 1460. The van der Waals surface area contributed by atoms with E-state index in [0.717, 1.165) is 23.1 Å². The van der Waals surface area contributed by atoms with Gasteiger partial charge < -0.3 is 18.9 Å². The molecule has 0 aliphatic carbocycles. The number of carbonyl (C=O) groups is 1. The molecular weight excluding hydrogens is 454 g/mol. The summed E-state index contributed by atoms with van der Waals surface area (Å²) in [6.07, 6.45) is 2.39. The molecule has 36 heavy (non-hydrogen) atoms. The van der Waals surface area contributed by atoms with Gasteiger partial charge in [-0.2, -0.15) is 0 Å². The van der Waals surface area contributed by atoms with Gasteiger partial charge >= 0.3 is 0 Å². The second-order valence-corrected chi connectivity index (χ2v) is 9.25. The fraction of sp³-hybridized carbons (Fsp3) is 0.276. The summed E-state index contributed by atoms with van der Waals surface area (Å²) in [7, 11) is 3.21. The smallest absolute Gasteiger partial charge is 0.277 e. The summed E-state index contributed by atoms with van der Waals surface area (Å²) >= 11 is 0. The summed E-state index contributed by atoms with van der Waals surface area (Å²) in [4.78, 5) is 34.2. The van der Waals surface area contributed by atoms with Crippen molar-refractivity contribution in [2.45, 2.75) is 26.4 Å². The number of hydrogen-bond acceptors (Lipinski definition) is 5. The highest BCUT2D eigenvalue weighted by atomic mass is 16.5. The number of hydrogen-bond donors (Lipinski definition) is 0. The van der Waals surface area contributed by atoms with Crippen molar-refractivity contribution in [3.63, 3.8) is 0 Å². The molecular formula is C29H29N3O4. The molecule has 5 rings (SSSR count). The summed E-state index contributed by atoms with van der Waals surface area (Å²) in [5, 5.41) is 0.685. The van der Waals surface area contributed by atoms with E-state index in [1.54, 1.807) is 31.0 Å². The maximum Gasteiger partial charge on any atom is 0.277 e. The number of nitrogens with zero attached hydrogens (tertiary/aromatic N) is 3. The van der Waals surface area contributed by atoms with Crippen molar-refractivity contribution in [3.8, 4) is 22.6 Å². The number of ether oxygens (including phenoxy) is 2. The normalized spacial score (nSPS) is 15.8. The highest BCUT2D eigenvalue weighted by Crippen LogP contribution is 2.33. The lowest BCUT2D eigenvalue weighted by atomic mass is 9.96. The van der Waals surface area contributed by atoms with Crippen LogP contribution in [-0.4, -0.2) is 41.1 Å². The van der Waals surface area contributed by atoms with Gasteiger partial charge in [-0.05, 0) is 41.7 Å². The minimum Gasteiger partial charge on any atom is -0.497 e. The molecule has 4 aromatic rings. The summed E-state index contributed by atoms with van der Waals surface area (Å²) in [6.45, 7) is 3.52. The van der Waals surface area contributed by atoms with E-state index in [1.807, 2.05) is 59.5 Å². The van der Waals surface area contributed by atoms with Crippen LogP contribution in [0.1, 0.15) is 29.4 Å². The first kappa shape index (κ1) is 23.6. The van der Waals surface area contributed by atoms with Crippen molar-refractivity contribution < 1.29 is 14.3 Å². The van der Waals surface area contributed by atoms with Crippen LogP contribution in [0.3, 0.4) is 0 Å². The van der Waals surface area contributed by atoms with Crippen LogP contribution in [0.4, 0.5) is 0 Å². The Labute approximate surface area is 209 Å². The van der Waals surface area contributed by atoms with Crippen molar-refractivity contribution in [2.24, 2.45) is 5.92 Å². The number of benzene rings is 2. The SMILES string of the molecule is COc1cc(CN2C[C@H](C)CCn3c(c(-c4ccccc4)c4cccnc4c3=O)C2=O)cc(OC)c1. The lowest BCUT2D eigenvalue weighted by Gasteiger charge is -2.32. The fourth-order valence-corrected chi connectivity index (χ4v) is 4.97. The third-order valence-electron chi connectivity index (χ3n) is 6.75. The van der Waals surface area contributed by atoms with Gasteiger partial charge in [0.25, 0.3) is 11.5 Å². The van der Waals surface area contributed by atoms with Crippen LogP contribution in [0.5, 0.6) is 11.5 Å². The molecule has 0 N–H and O–H groups in total. The van der Waals surface area contributed by atoms with E-state index in [2.05, 4.69) is 11.9 Å². The van der Waals surface area contributed by atoms with Crippen LogP contribution in [-0.2, 0) is 13.1 Å². The van der Waals surface area contributed by atoms with Crippen molar-refractivity contribution in [1.82, 2.24) is 14.5 Å². The second kappa shape index (κ2) is 9.85. The summed E-state index contributed by atoms with van der Waals surface area (Å²) < 4.78 is 12.5. The van der Waals surface area contributed by atoms with Gasteiger partial charge in [-0.1, -0.05) is 43.3 Å². The van der Waals surface area contributed by atoms with E-state index in [-0.39, 0.29) is 17.4 Å². The predicted molar refractivity (Wildman–Crippen MR) is 140 cm³/mol. The molecule has 0 saturated heterocycles. The first-order valence-corrected chi connectivity index (χ1v) is 12.1. The predicted octanol–water partition coefficient (Wildman–Crippen LogP) is 4.76. The van der Waals surface area contributed by atoms with E-state index in [1.165, 1.54) is 0 Å². The zero-order valence-electron chi connectivity index (χ0n) is 20.7. The number of amides is 1. The molecule has 1 aliphatic heterocycles. The van der Waals surface area contributed by atoms with Crippen molar-refractivity contribution in [1.29, 1.82) is 0 Å². The zero-order chi connectivity index (χ0) is 25.2. The topological polar surface area (TPSA) is 73.7 Å². The van der Waals surface area contributed by atoms with Crippen LogP contribution >= 0.6 is 0 Å². The Kier molecular flexibility index (Phi) is 6.46. The van der Waals surface area contributed by atoms with Gasteiger partial charge in [0.15, 0.2) is 0 Å². The summed E-state index contributed by atoms with van der Waals surface area (Å²) in [5.74, 6) is 1.36. The molecule has 0 spiro atoms. The van der Waals surface area contributed by atoms with Gasteiger partial charge in [0.1, 0.15) is 22.7 Å². The minimum absolute atomic E-state index is 0.176. The molecule has 2 aromatic heterocycles. The Morgan fingerprint density at radius 2 is 1.69 bits per heavy atom. The van der Waals surface area contributed by atoms with Crippen LogP contribution < -0.4 is 15.0 Å². The summed E-state index contributed by atoms with van der Waals surface area (Å²) in [6, 6.07) is 19.1. The molecule has 0 bridgehead atoms. The van der Waals surface area contributed by atoms with E-state index >= 15 is 0 Å². The van der Waals surface area contributed by atoms with Gasteiger partial charge in [0, 0.05) is 42.8 Å². The summed E-state index contributed by atoms with van der Waals surface area (Å²) in [5.41, 5.74) is 3.07. The molecule has 1 aliphatic rings. The van der Waals surface area contributed by atoms with E-state index in [4.69, 9.17) is 9.47 Å². The number of fused-ring (bicyclic) bond motifs is 2. The largest absolute Gasteiger partial charge is 0.497 e. The third kappa shape index (κ3) is 4.33. The number of rotatable bonds is 5. The molecule has 7 nitrogen and oxygen atoms in total. The van der Waals surface area contributed by atoms with Gasteiger partial charge in [-0.3, -0.25) is 14.6 Å². The Morgan fingerprint density at radius 3 is 2.39 bits per heavy atom. The van der Waals surface area contributed by atoms with Crippen molar-refractivity contribution >= 4 is 16.8 Å². The average Bonchev–Trinajstić information content (AvgIpc) is 2.91. The molecule has 0 radical (unpaired) electrons. The minimum atomic E-state index is -0.231. The van der Waals surface area contributed by atoms with Crippen LogP contribution in [0, 0.1) is 5.92 Å². The molecule has 184 valence electrons. The maximum atomic E-state index is 14.3. The standard InChI is InChI=1S/C29H29N3O4/c1-19-11-13-32-27(29(34)31(17-19)18-20-14-22(35-2)16-23(15-20)36-3)25(21-8-5-4-6-9-21)24-10-7-12-30-26(24)28(32)33/h4-10,12,14-16,19H,11,13,17-18H2,1-3H3/t19-/m1/s1. The molecule has 0 saturated carbocycles. The molecule has 1 atom stereocenters. The lowest BCUT2D eigenvalue weighted by molar-refractivity contribution is 0.0686. The first-order valence-electron chi connectivity index (χ1n) is 12.1. The molecule has 1 amide bonds. The molecule has 7 heteroatoms. The number of methoxy groups -OCH3 is 2. The third-order valence-corrected chi connectivity index (χ3v) is 6.75. The van der Waals surface area contributed by atoms with Gasteiger partial charge in [0.2, 0.25) is 0 Å². The van der Waals surface area contributed by atoms with Gasteiger partial charge in [-0.25, -0.2) is 0 Å². The fourth-order valence-electron chi connectivity index (χ4n) is 4.97. The number of carbonyl (C=O) groups excluding carboxylic acids is 1. The van der Waals surface area contributed by atoms with E-state index in [0.29, 0.717) is 47.7 Å². The van der Waals surface area contributed by atoms with Crippen molar-refractivity contribution in [3.05, 3.63) is 88.5 Å². The van der Waals surface area contributed by atoms with E-state index < -0.39 is 0 Å². The van der Waals surface area contributed by atoms with Crippen LogP contribution in [0.2, 0.25) is 0 Å². The monoisotopic (exact) mass is 483 g/mol. The average molecular weight is 484 g/mol. The van der Waals surface area contributed by atoms with Gasteiger partial charge in [0.05, 0.1) is 14.2 Å². The van der Waals surface area contributed by atoms with Crippen LogP contribution in [0.15, 0.2) is 71.7 Å². The molecule has 3 heterocycles. The molecule has 0 unspecified atom stereocenters.